The molecular weight excluding hydrogens is 436 g/mol. The number of hydrogen-bond donors (Lipinski definition) is 4. The Labute approximate surface area is 184 Å². The summed E-state index contributed by atoms with van der Waals surface area (Å²) < 4.78 is 10.7. The van der Waals surface area contributed by atoms with Crippen molar-refractivity contribution in [2.75, 3.05) is 0 Å². The topological polar surface area (TPSA) is 150 Å². The van der Waals surface area contributed by atoms with E-state index in [1.165, 1.54) is 61.4 Å². The van der Waals surface area contributed by atoms with Gasteiger partial charge in [-0.15, -0.1) is 0 Å². The molecule has 0 atom stereocenters. The van der Waals surface area contributed by atoms with Crippen molar-refractivity contribution < 1.29 is 19.0 Å². The van der Waals surface area contributed by atoms with Gasteiger partial charge in [-0.3, -0.25) is 20.4 Å². The number of phenols is 2. The maximum atomic E-state index is 12.4. The van der Waals surface area contributed by atoms with Gasteiger partial charge in [0, 0.05) is 0 Å². The Morgan fingerprint density at radius 2 is 1.25 bits per heavy atom. The number of benzene rings is 2. The van der Waals surface area contributed by atoms with Crippen molar-refractivity contribution in [3.63, 3.8) is 0 Å². The van der Waals surface area contributed by atoms with Gasteiger partial charge in [0.05, 0.1) is 34.3 Å². The van der Waals surface area contributed by atoms with Crippen LogP contribution < -0.4 is 21.7 Å². The maximum Gasteiger partial charge on any atom is 0.207 e. The maximum absolute atomic E-state index is 12.4. The molecule has 0 aliphatic heterocycles. The molecule has 2 aromatic heterocycles. The van der Waals surface area contributed by atoms with Crippen molar-refractivity contribution in [2.24, 2.45) is 10.2 Å². The summed E-state index contributed by atoms with van der Waals surface area (Å²) >= 11 is 5.02. The van der Waals surface area contributed by atoms with E-state index in [-0.39, 0.29) is 49.4 Å². The highest BCUT2D eigenvalue weighted by molar-refractivity contribution is 7.80. The molecule has 0 aliphatic rings. The molecule has 2 heterocycles. The number of nitrogens with one attached hydrogen (secondary N) is 2. The molecule has 10 nitrogen and oxygen atoms in total. The molecule has 0 bridgehead atoms. The van der Waals surface area contributed by atoms with Gasteiger partial charge in [-0.05, 0) is 48.6 Å². The fourth-order valence-corrected chi connectivity index (χ4v) is 2.90. The number of rotatable bonds is 4. The van der Waals surface area contributed by atoms with Crippen molar-refractivity contribution in [1.29, 1.82) is 0 Å². The SMILES string of the molecule is O=c1c(/C=N/NC(=S)N/N=C/c2coc3ccc(O)cc3c2=O)coc2ccc(O)cc12. The number of thiocarbonyl (C=S) groups is 1. The Kier molecular flexibility index (Phi) is 5.64. The fourth-order valence-electron chi connectivity index (χ4n) is 2.79. The highest BCUT2D eigenvalue weighted by Crippen LogP contribution is 2.18. The van der Waals surface area contributed by atoms with Crippen molar-refractivity contribution in [1.82, 2.24) is 10.9 Å². The molecule has 0 amide bonds. The third-order valence-corrected chi connectivity index (χ3v) is 4.49. The number of aromatic hydroxyl groups is 2. The molecule has 4 N–H and O–H groups in total. The average Bonchev–Trinajstić information content (AvgIpc) is 2.77. The first kappa shape index (κ1) is 20.8. The van der Waals surface area contributed by atoms with Crippen LogP contribution in [-0.2, 0) is 0 Å². The Morgan fingerprint density at radius 3 is 1.69 bits per heavy atom. The minimum absolute atomic E-state index is 0.0110. The monoisotopic (exact) mass is 450 g/mol. The van der Waals surface area contributed by atoms with E-state index in [4.69, 9.17) is 21.1 Å². The summed E-state index contributed by atoms with van der Waals surface area (Å²) in [5.74, 6) is -0.116. The van der Waals surface area contributed by atoms with Gasteiger partial charge in [-0.2, -0.15) is 10.2 Å². The van der Waals surface area contributed by atoms with Crippen LogP contribution in [0.5, 0.6) is 11.5 Å². The third kappa shape index (κ3) is 4.32. The lowest BCUT2D eigenvalue weighted by molar-refractivity contribution is 0.475. The van der Waals surface area contributed by atoms with Crippen LogP contribution in [0.1, 0.15) is 11.1 Å². The quantitative estimate of drug-likeness (QED) is 0.208. The minimum atomic E-state index is -0.376. The largest absolute Gasteiger partial charge is 0.508 e. The first-order valence-corrected chi connectivity index (χ1v) is 9.44. The smallest absolute Gasteiger partial charge is 0.207 e. The van der Waals surface area contributed by atoms with Crippen LogP contribution in [0.25, 0.3) is 21.9 Å². The van der Waals surface area contributed by atoms with Crippen LogP contribution >= 0.6 is 12.2 Å². The van der Waals surface area contributed by atoms with E-state index >= 15 is 0 Å². The standard InChI is InChI=1S/C21H14N4O6S/c26-13-1-3-17-15(5-13)19(28)11(9-30-17)7-22-24-21(32)25-23-8-12-10-31-18-4-2-14(27)6-16(18)20(12)29/h1-10,26-27H,(H2,24,25,32)/b22-7+,23-8+. The summed E-state index contributed by atoms with van der Waals surface area (Å²) in [6, 6.07) is 8.41. The predicted molar refractivity (Wildman–Crippen MR) is 122 cm³/mol. The molecule has 32 heavy (non-hydrogen) atoms. The molecule has 0 saturated carbocycles. The predicted octanol–water partition coefficient (Wildman–Crippen LogP) is 2.14. The minimum Gasteiger partial charge on any atom is -0.508 e. The fraction of sp³-hybridized carbons (Fsp3) is 0. The molecule has 0 fully saturated rings. The van der Waals surface area contributed by atoms with E-state index in [1.807, 2.05) is 0 Å². The van der Waals surface area contributed by atoms with Crippen LogP contribution in [0.15, 0.2) is 77.6 Å². The van der Waals surface area contributed by atoms with E-state index in [2.05, 4.69) is 21.1 Å². The van der Waals surface area contributed by atoms with E-state index in [1.54, 1.807) is 0 Å². The molecule has 0 unspecified atom stereocenters. The zero-order valence-corrected chi connectivity index (χ0v) is 16.9. The normalized spacial score (nSPS) is 11.5. The van der Waals surface area contributed by atoms with Gasteiger partial charge < -0.3 is 19.0 Å². The Balaban J connectivity index is 1.42. The molecule has 0 radical (unpaired) electrons. The summed E-state index contributed by atoms with van der Waals surface area (Å²) in [4.78, 5) is 24.8. The zero-order chi connectivity index (χ0) is 22.7. The number of phenolic OH excluding ortho intramolecular Hbond substituents is 2. The molecule has 160 valence electrons. The molecule has 4 rings (SSSR count). The summed E-state index contributed by atoms with van der Waals surface area (Å²) in [6.07, 6.45) is 4.88. The van der Waals surface area contributed by atoms with Crippen LogP contribution in [-0.4, -0.2) is 27.8 Å². The van der Waals surface area contributed by atoms with Gasteiger partial charge in [0.25, 0.3) is 0 Å². The second kappa shape index (κ2) is 8.70. The molecule has 0 spiro atoms. The first-order valence-electron chi connectivity index (χ1n) is 9.03. The number of hydrogen-bond acceptors (Lipinski definition) is 9. The molecule has 4 aromatic rings. The first-order chi connectivity index (χ1) is 15.4. The number of fused-ring (bicyclic) bond motifs is 2. The number of hydrazone groups is 2. The summed E-state index contributed by atoms with van der Waals surface area (Å²) in [6.45, 7) is 0. The van der Waals surface area contributed by atoms with E-state index < -0.39 is 0 Å². The zero-order valence-electron chi connectivity index (χ0n) is 16.1. The van der Waals surface area contributed by atoms with Crippen LogP contribution in [0.2, 0.25) is 0 Å². The van der Waals surface area contributed by atoms with Gasteiger partial charge in [0.15, 0.2) is 0 Å². The van der Waals surface area contributed by atoms with Gasteiger partial charge in [0.1, 0.15) is 35.2 Å². The summed E-state index contributed by atoms with van der Waals surface area (Å²) in [7, 11) is 0. The van der Waals surface area contributed by atoms with Crippen molar-refractivity contribution >= 4 is 51.7 Å². The van der Waals surface area contributed by atoms with Crippen molar-refractivity contribution in [2.45, 2.75) is 0 Å². The van der Waals surface area contributed by atoms with Gasteiger partial charge in [-0.25, -0.2) is 0 Å². The highest BCUT2D eigenvalue weighted by Gasteiger charge is 2.07. The van der Waals surface area contributed by atoms with E-state index in [0.717, 1.165) is 0 Å². The van der Waals surface area contributed by atoms with Crippen molar-refractivity contribution in [3.05, 3.63) is 80.5 Å². The van der Waals surface area contributed by atoms with Crippen molar-refractivity contribution in [3.8, 4) is 11.5 Å². The number of nitrogens with zero attached hydrogens (tertiary/aromatic N) is 2. The lowest BCUT2D eigenvalue weighted by Gasteiger charge is -2.02. The van der Waals surface area contributed by atoms with Crippen LogP contribution in [0, 0.1) is 0 Å². The molecule has 0 aliphatic carbocycles. The second-order valence-electron chi connectivity index (χ2n) is 6.47. The van der Waals surface area contributed by atoms with Gasteiger partial charge >= 0.3 is 0 Å². The molecule has 0 saturated heterocycles. The molecule has 2 aromatic carbocycles. The highest BCUT2D eigenvalue weighted by atomic mass is 32.1. The Bertz CT molecular complexity index is 1410. The summed E-state index contributed by atoms with van der Waals surface area (Å²) in [5, 5.41) is 27.2. The van der Waals surface area contributed by atoms with Crippen LogP contribution in [0.4, 0.5) is 0 Å². The van der Waals surface area contributed by atoms with Crippen LogP contribution in [0.3, 0.4) is 0 Å². The second-order valence-corrected chi connectivity index (χ2v) is 6.88. The lowest BCUT2D eigenvalue weighted by Crippen LogP contribution is -2.28. The lowest BCUT2D eigenvalue weighted by atomic mass is 10.2. The van der Waals surface area contributed by atoms with E-state index in [9.17, 15) is 19.8 Å². The molecular formula is C21H14N4O6S. The van der Waals surface area contributed by atoms with Gasteiger partial charge in [0.2, 0.25) is 16.0 Å². The molecule has 11 heteroatoms. The van der Waals surface area contributed by atoms with E-state index in [0.29, 0.717) is 11.2 Å². The Hall–Kier alpha value is -4.51. The summed E-state index contributed by atoms with van der Waals surface area (Å²) in [5.41, 5.74) is 5.12. The average molecular weight is 450 g/mol. The third-order valence-electron chi connectivity index (χ3n) is 4.31. The van der Waals surface area contributed by atoms with Gasteiger partial charge in [-0.1, -0.05) is 0 Å². The Morgan fingerprint density at radius 1 is 0.812 bits per heavy atom.